The smallest absolute Gasteiger partial charge is 0.261 e. The van der Waals surface area contributed by atoms with E-state index in [2.05, 4.69) is 11.1 Å². The molecule has 0 atom stereocenters. The monoisotopic (exact) mass is 360 g/mol. The summed E-state index contributed by atoms with van der Waals surface area (Å²) in [4.78, 5) is 31.4. The van der Waals surface area contributed by atoms with Gasteiger partial charge < -0.3 is 4.90 Å². The first-order chi connectivity index (χ1) is 13.0. The molecule has 2 aromatic carbocycles. The molecule has 0 fully saturated rings. The van der Waals surface area contributed by atoms with Crippen molar-refractivity contribution in [1.82, 2.24) is 9.55 Å². The van der Waals surface area contributed by atoms with Gasteiger partial charge in [-0.1, -0.05) is 18.2 Å². The molecule has 0 radical (unpaired) electrons. The van der Waals surface area contributed by atoms with Gasteiger partial charge in [0, 0.05) is 12.2 Å². The van der Waals surface area contributed by atoms with Gasteiger partial charge in [-0.25, -0.2) is 4.98 Å². The Morgan fingerprint density at radius 3 is 2.59 bits per heavy atom. The van der Waals surface area contributed by atoms with Crippen molar-refractivity contribution in [2.75, 3.05) is 11.4 Å². The molecule has 1 amide bonds. The van der Waals surface area contributed by atoms with Crippen molar-refractivity contribution in [1.29, 1.82) is 5.26 Å². The Labute approximate surface area is 157 Å². The number of aromatic nitrogens is 2. The number of anilines is 1. The Bertz CT molecular complexity index is 1080. The van der Waals surface area contributed by atoms with Crippen molar-refractivity contribution in [3.63, 3.8) is 0 Å². The number of benzene rings is 2. The molecule has 1 heterocycles. The van der Waals surface area contributed by atoms with Crippen LogP contribution in [0.3, 0.4) is 0 Å². The van der Waals surface area contributed by atoms with Crippen LogP contribution in [0.1, 0.15) is 17.5 Å². The molecule has 0 spiro atoms. The zero-order chi connectivity index (χ0) is 19.4. The van der Waals surface area contributed by atoms with E-state index in [4.69, 9.17) is 5.26 Å². The third kappa shape index (κ3) is 4.04. The van der Waals surface area contributed by atoms with Gasteiger partial charge in [-0.2, -0.15) is 5.26 Å². The second kappa shape index (κ2) is 7.83. The first-order valence-corrected chi connectivity index (χ1v) is 8.69. The van der Waals surface area contributed by atoms with E-state index in [0.29, 0.717) is 10.9 Å². The molecular weight excluding hydrogens is 340 g/mol. The summed E-state index contributed by atoms with van der Waals surface area (Å²) in [6, 6.07) is 15.0. The van der Waals surface area contributed by atoms with Crippen LogP contribution < -0.4 is 10.5 Å². The molecule has 136 valence electrons. The lowest BCUT2D eigenvalue weighted by Crippen LogP contribution is -2.37. The number of para-hydroxylation sites is 1. The molecule has 0 aliphatic rings. The number of hydrogen-bond acceptors (Lipinski definition) is 4. The topological polar surface area (TPSA) is 79.0 Å². The summed E-state index contributed by atoms with van der Waals surface area (Å²) < 4.78 is 1.31. The summed E-state index contributed by atoms with van der Waals surface area (Å²) in [6.07, 6.45) is 1.61. The maximum Gasteiger partial charge on any atom is 0.261 e. The maximum absolute atomic E-state index is 13.0. The quantitative estimate of drug-likeness (QED) is 0.701. The van der Waals surface area contributed by atoms with E-state index in [1.165, 1.54) is 10.9 Å². The van der Waals surface area contributed by atoms with Crippen LogP contribution in [0.25, 0.3) is 10.9 Å². The highest BCUT2D eigenvalue weighted by molar-refractivity contribution is 5.93. The molecule has 0 aliphatic carbocycles. The SMILES string of the molecule is Cc1cc(C)cc(N(CCC#N)C(=O)Cn2cnc3ccccc3c2=O)c1. The number of rotatable bonds is 5. The lowest BCUT2D eigenvalue weighted by atomic mass is 10.1. The van der Waals surface area contributed by atoms with E-state index >= 15 is 0 Å². The average Bonchev–Trinajstić information content (AvgIpc) is 2.64. The second-order valence-electron chi connectivity index (χ2n) is 6.49. The Kier molecular flexibility index (Phi) is 5.32. The van der Waals surface area contributed by atoms with Gasteiger partial charge in [0.25, 0.3) is 5.56 Å². The summed E-state index contributed by atoms with van der Waals surface area (Å²) in [5.74, 6) is -0.255. The molecule has 0 saturated carbocycles. The van der Waals surface area contributed by atoms with E-state index in [-0.39, 0.29) is 31.0 Å². The largest absolute Gasteiger partial charge is 0.310 e. The molecule has 0 saturated heterocycles. The summed E-state index contributed by atoms with van der Waals surface area (Å²) >= 11 is 0. The van der Waals surface area contributed by atoms with Crippen molar-refractivity contribution in [3.05, 3.63) is 70.3 Å². The number of nitriles is 1. The highest BCUT2D eigenvalue weighted by Gasteiger charge is 2.18. The molecule has 3 rings (SSSR count). The molecular formula is C21H20N4O2. The van der Waals surface area contributed by atoms with Gasteiger partial charge in [-0.3, -0.25) is 14.2 Å². The standard InChI is InChI=1S/C21H20N4O2/c1-15-10-16(2)12-17(11-15)25(9-5-8-22)20(26)13-24-14-23-19-7-4-3-6-18(19)21(24)27/h3-4,6-7,10-12,14H,5,9,13H2,1-2H3. The van der Waals surface area contributed by atoms with Crippen LogP contribution in [0, 0.1) is 25.2 Å². The molecule has 0 unspecified atom stereocenters. The van der Waals surface area contributed by atoms with Gasteiger partial charge in [-0.05, 0) is 49.2 Å². The molecule has 6 nitrogen and oxygen atoms in total. The molecule has 0 N–H and O–H groups in total. The molecule has 27 heavy (non-hydrogen) atoms. The Balaban J connectivity index is 1.94. The molecule has 6 heteroatoms. The fraction of sp³-hybridized carbons (Fsp3) is 0.238. The predicted octanol–water partition coefficient (Wildman–Crippen LogP) is 2.96. The van der Waals surface area contributed by atoms with Crippen LogP contribution in [0.2, 0.25) is 0 Å². The number of fused-ring (bicyclic) bond motifs is 1. The zero-order valence-electron chi connectivity index (χ0n) is 15.3. The number of nitrogens with zero attached hydrogens (tertiary/aromatic N) is 4. The van der Waals surface area contributed by atoms with E-state index < -0.39 is 0 Å². The average molecular weight is 360 g/mol. The fourth-order valence-electron chi connectivity index (χ4n) is 3.12. The highest BCUT2D eigenvalue weighted by Crippen LogP contribution is 2.20. The van der Waals surface area contributed by atoms with Gasteiger partial charge in [-0.15, -0.1) is 0 Å². The Morgan fingerprint density at radius 2 is 1.89 bits per heavy atom. The van der Waals surface area contributed by atoms with E-state index in [9.17, 15) is 9.59 Å². The number of aryl methyl sites for hydroxylation is 2. The van der Waals surface area contributed by atoms with Crippen molar-refractivity contribution in [2.45, 2.75) is 26.8 Å². The minimum Gasteiger partial charge on any atom is -0.310 e. The van der Waals surface area contributed by atoms with E-state index in [1.54, 1.807) is 23.1 Å². The van der Waals surface area contributed by atoms with Gasteiger partial charge >= 0.3 is 0 Å². The first kappa shape index (κ1) is 18.3. The second-order valence-corrected chi connectivity index (χ2v) is 6.49. The van der Waals surface area contributed by atoms with E-state index in [0.717, 1.165) is 16.8 Å². The summed E-state index contributed by atoms with van der Waals surface area (Å²) in [6.45, 7) is 4.06. The summed E-state index contributed by atoms with van der Waals surface area (Å²) in [7, 11) is 0. The Hall–Kier alpha value is -3.46. The predicted molar refractivity (Wildman–Crippen MR) is 105 cm³/mol. The van der Waals surface area contributed by atoms with Crippen LogP contribution in [0.15, 0.2) is 53.6 Å². The van der Waals surface area contributed by atoms with Crippen molar-refractivity contribution < 1.29 is 4.79 Å². The lowest BCUT2D eigenvalue weighted by Gasteiger charge is -2.23. The van der Waals surface area contributed by atoms with Crippen LogP contribution in [-0.2, 0) is 11.3 Å². The van der Waals surface area contributed by atoms with Crippen molar-refractivity contribution in [2.24, 2.45) is 0 Å². The van der Waals surface area contributed by atoms with Gasteiger partial charge in [0.05, 0.1) is 29.7 Å². The highest BCUT2D eigenvalue weighted by atomic mass is 16.2. The van der Waals surface area contributed by atoms with Crippen LogP contribution >= 0.6 is 0 Å². The fourth-order valence-corrected chi connectivity index (χ4v) is 3.12. The van der Waals surface area contributed by atoms with E-state index in [1.807, 2.05) is 38.1 Å². The zero-order valence-corrected chi connectivity index (χ0v) is 15.3. The van der Waals surface area contributed by atoms with Gasteiger partial charge in [0.15, 0.2) is 0 Å². The van der Waals surface area contributed by atoms with Crippen molar-refractivity contribution in [3.8, 4) is 6.07 Å². The van der Waals surface area contributed by atoms with Crippen LogP contribution in [0.4, 0.5) is 5.69 Å². The molecule has 0 aliphatic heterocycles. The minimum atomic E-state index is -0.255. The van der Waals surface area contributed by atoms with Gasteiger partial charge in [0.2, 0.25) is 5.91 Å². The molecule has 1 aromatic heterocycles. The summed E-state index contributed by atoms with van der Waals surface area (Å²) in [5, 5.41) is 9.43. The lowest BCUT2D eigenvalue weighted by molar-refractivity contribution is -0.119. The summed E-state index contributed by atoms with van der Waals surface area (Å²) in [5.41, 5.74) is 3.14. The third-order valence-corrected chi connectivity index (χ3v) is 4.30. The molecule has 3 aromatic rings. The number of hydrogen-bond donors (Lipinski definition) is 0. The third-order valence-electron chi connectivity index (χ3n) is 4.30. The number of carbonyl (C=O) groups excluding carboxylic acids is 1. The minimum absolute atomic E-state index is 0.130. The first-order valence-electron chi connectivity index (χ1n) is 8.69. The van der Waals surface area contributed by atoms with Gasteiger partial charge in [0.1, 0.15) is 6.54 Å². The van der Waals surface area contributed by atoms with Crippen molar-refractivity contribution >= 4 is 22.5 Å². The number of carbonyl (C=O) groups is 1. The molecule has 0 bridgehead atoms. The maximum atomic E-state index is 13.0. The van der Waals surface area contributed by atoms with Crippen LogP contribution in [-0.4, -0.2) is 22.0 Å². The number of amides is 1. The Morgan fingerprint density at radius 1 is 1.19 bits per heavy atom. The normalized spacial score (nSPS) is 10.6. The van der Waals surface area contributed by atoms with Crippen LogP contribution in [0.5, 0.6) is 0 Å².